The Morgan fingerprint density at radius 1 is 1.11 bits per heavy atom. The number of benzene rings is 2. The molecule has 1 fully saturated rings. The Balaban J connectivity index is 1.54. The molecule has 1 aliphatic rings. The summed E-state index contributed by atoms with van der Waals surface area (Å²) in [5.74, 6) is -3.62. The minimum atomic E-state index is -1.03. The maximum atomic E-state index is 14.6. The molecule has 2 N–H and O–H groups in total. The lowest BCUT2D eigenvalue weighted by Crippen LogP contribution is -2.38. The molecule has 2 heterocycles. The highest BCUT2D eigenvalue weighted by Gasteiger charge is 2.22. The number of nitriles is 1. The molecule has 0 aliphatic carbocycles. The molecular weight excluding hydrogens is 469 g/mol. The molecule has 9 heteroatoms. The van der Waals surface area contributed by atoms with E-state index in [1.807, 2.05) is 6.07 Å². The molecule has 4 rings (SSSR count). The van der Waals surface area contributed by atoms with E-state index in [4.69, 9.17) is 10.00 Å². The fraction of sp³-hybridized carbons (Fsp3) is 0.296. The van der Waals surface area contributed by atoms with Gasteiger partial charge in [-0.15, -0.1) is 0 Å². The number of pyridine rings is 1. The van der Waals surface area contributed by atoms with Gasteiger partial charge in [0.2, 0.25) is 5.91 Å². The number of nitrogens with one attached hydrogen (secondary N) is 2. The Morgan fingerprint density at radius 3 is 2.58 bits per heavy atom. The zero-order chi connectivity index (χ0) is 25.5. The maximum Gasteiger partial charge on any atom is 0.225 e. The number of amides is 1. The summed E-state index contributed by atoms with van der Waals surface area (Å²) in [5, 5.41) is 15.1. The van der Waals surface area contributed by atoms with Crippen molar-refractivity contribution in [2.45, 2.75) is 31.3 Å². The van der Waals surface area contributed by atoms with Crippen LogP contribution in [-0.4, -0.2) is 36.7 Å². The van der Waals surface area contributed by atoms with Gasteiger partial charge in [0.1, 0.15) is 5.82 Å². The second-order valence-electron chi connectivity index (χ2n) is 8.60. The van der Waals surface area contributed by atoms with Gasteiger partial charge < -0.3 is 15.4 Å². The van der Waals surface area contributed by atoms with Crippen LogP contribution in [0, 0.1) is 28.8 Å². The number of hydrogen-bond acceptors (Lipinski definition) is 5. The van der Waals surface area contributed by atoms with Crippen LogP contribution in [0.25, 0.3) is 0 Å². The van der Waals surface area contributed by atoms with E-state index < -0.39 is 29.3 Å². The Labute approximate surface area is 207 Å². The molecule has 2 atom stereocenters. The second-order valence-corrected chi connectivity index (χ2v) is 8.60. The van der Waals surface area contributed by atoms with Crippen LogP contribution >= 0.6 is 0 Å². The van der Waals surface area contributed by atoms with Crippen LogP contribution in [0.3, 0.4) is 0 Å². The summed E-state index contributed by atoms with van der Waals surface area (Å²) in [4.78, 5) is 17.0. The summed E-state index contributed by atoms with van der Waals surface area (Å²) in [6.45, 7) is 2.04. The number of carbonyl (C=O) groups is 1. The largest absolute Gasteiger partial charge is 0.376 e. The molecular formula is C27H25F3N4O2. The van der Waals surface area contributed by atoms with Crippen molar-refractivity contribution in [2.75, 3.05) is 25.0 Å². The third-order valence-corrected chi connectivity index (χ3v) is 6.18. The van der Waals surface area contributed by atoms with Gasteiger partial charge in [0.05, 0.1) is 42.4 Å². The van der Waals surface area contributed by atoms with Crippen molar-refractivity contribution in [3.63, 3.8) is 0 Å². The van der Waals surface area contributed by atoms with Crippen molar-refractivity contribution < 1.29 is 22.7 Å². The Bertz CT molecular complexity index is 1250. The molecule has 0 spiro atoms. The van der Waals surface area contributed by atoms with Crippen molar-refractivity contribution in [1.29, 1.82) is 5.26 Å². The minimum Gasteiger partial charge on any atom is -0.376 e. The quantitative estimate of drug-likeness (QED) is 0.483. The van der Waals surface area contributed by atoms with Gasteiger partial charge in [0.25, 0.3) is 0 Å². The molecule has 1 saturated heterocycles. The summed E-state index contributed by atoms with van der Waals surface area (Å²) in [6, 6.07) is 12.0. The molecule has 186 valence electrons. The lowest BCUT2D eigenvalue weighted by atomic mass is 9.87. The molecule has 3 aromatic rings. The number of carbonyl (C=O) groups excluding carboxylic acids is 1. The minimum absolute atomic E-state index is 0.0518. The normalized spacial score (nSPS) is 16.2. The average molecular weight is 495 g/mol. The van der Waals surface area contributed by atoms with Gasteiger partial charge in [-0.3, -0.25) is 9.78 Å². The van der Waals surface area contributed by atoms with E-state index in [1.54, 1.807) is 24.3 Å². The summed E-state index contributed by atoms with van der Waals surface area (Å²) >= 11 is 0. The Kier molecular flexibility index (Phi) is 8.31. The number of hydrogen-bond donors (Lipinski definition) is 2. The predicted molar refractivity (Wildman–Crippen MR) is 128 cm³/mol. The van der Waals surface area contributed by atoms with Crippen LogP contribution in [0.2, 0.25) is 0 Å². The number of aromatic nitrogens is 1. The highest BCUT2D eigenvalue weighted by molar-refractivity contribution is 5.92. The summed E-state index contributed by atoms with van der Waals surface area (Å²) in [7, 11) is 0. The Morgan fingerprint density at radius 2 is 1.89 bits per heavy atom. The highest BCUT2D eigenvalue weighted by Crippen LogP contribution is 2.30. The SMILES string of the molecule is N#Cc1ccc([C@@H](CC(=O)Nc2cncc(F)c2CC[C@@H]2CNCCO2)c2ccc(F)c(F)c2)cc1. The van der Waals surface area contributed by atoms with Crippen molar-refractivity contribution in [3.05, 3.63) is 94.6 Å². The van der Waals surface area contributed by atoms with Gasteiger partial charge in [0, 0.05) is 31.0 Å². The van der Waals surface area contributed by atoms with Crippen LogP contribution in [0.4, 0.5) is 18.9 Å². The van der Waals surface area contributed by atoms with Crippen LogP contribution in [0.15, 0.2) is 54.9 Å². The summed E-state index contributed by atoms with van der Waals surface area (Å²) in [5.41, 5.74) is 2.06. The molecule has 1 aromatic heterocycles. The first-order valence-corrected chi connectivity index (χ1v) is 11.6. The number of morpholine rings is 1. The smallest absolute Gasteiger partial charge is 0.225 e. The Hall–Kier alpha value is -3.74. The van der Waals surface area contributed by atoms with Crippen LogP contribution in [0.1, 0.15) is 41.0 Å². The number of halogens is 3. The molecule has 36 heavy (non-hydrogen) atoms. The molecule has 0 unspecified atom stereocenters. The second kappa shape index (κ2) is 11.8. The third-order valence-electron chi connectivity index (χ3n) is 6.18. The first-order chi connectivity index (χ1) is 17.4. The lowest BCUT2D eigenvalue weighted by molar-refractivity contribution is -0.116. The van der Waals surface area contributed by atoms with E-state index in [2.05, 4.69) is 15.6 Å². The van der Waals surface area contributed by atoms with Crippen LogP contribution in [-0.2, 0) is 16.0 Å². The van der Waals surface area contributed by atoms with E-state index in [-0.39, 0.29) is 18.2 Å². The van der Waals surface area contributed by atoms with E-state index in [1.165, 1.54) is 12.3 Å². The van der Waals surface area contributed by atoms with E-state index >= 15 is 0 Å². The van der Waals surface area contributed by atoms with Crippen molar-refractivity contribution >= 4 is 11.6 Å². The summed E-state index contributed by atoms with van der Waals surface area (Å²) in [6.07, 6.45) is 3.24. The first-order valence-electron chi connectivity index (χ1n) is 11.6. The van der Waals surface area contributed by atoms with Crippen molar-refractivity contribution in [1.82, 2.24) is 10.3 Å². The number of anilines is 1. The van der Waals surface area contributed by atoms with E-state index in [0.717, 1.165) is 24.9 Å². The van der Waals surface area contributed by atoms with Gasteiger partial charge >= 0.3 is 0 Å². The number of nitrogens with zero attached hydrogens (tertiary/aromatic N) is 2. The van der Waals surface area contributed by atoms with Crippen molar-refractivity contribution in [3.8, 4) is 6.07 Å². The monoisotopic (exact) mass is 494 g/mol. The topological polar surface area (TPSA) is 87.0 Å². The molecule has 2 aromatic carbocycles. The van der Waals surface area contributed by atoms with Gasteiger partial charge in [0.15, 0.2) is 11.6 Å². The zero-order valence-corrected chi connectivity index (χ0v) is 19.4. The zero-order valence-electron chi connectivity index (χ0n) is 19.4. The van der Waals surface area contributed by atoms with Gasteiger partial charge in [-0.1, -0.05) is 18.2 Å². The maximum absolute atomic E-state index is 14.6. The number of ether oxygens (including phenoxy) is 1. The fourth-order valence-electron chi connectivity index (χ4n) is 4.27. The van der Waals surface area contributed by atoms with E-state index in [0.29, 0.717) is 48.2 Å². The van der Waals surface area contributed by atoms with Crippen molar-refractivity contribution in [2.24, 2.45) is 0 Å². The molecule has 1 aliphatic heterocycles. The molecule has 0 saturated carbocycles. The fourth-order valence-corrected chi connectivity index (χ4v) is 4.27. The van der Waals surface area contributed by atoms with Crippen LogP contribution in [0.5, 0.6) is 0 Å². The van der Waals surface area contributed by atoms with E-state index in [9.17, 15) is 18.0 Å². The summed E-state index contributed by atoms with van der Waals surface area (Å²) < 4.78 is 47.9. The number of rotatable bonds is 8. The molecule has 0 radical (unpaired) electrons. The van der Waals surface area contributed by atoms with Crippen LogP contribution < -0.4 is 10.6 Å². The average Bonchev–Trinajstić information content (AvgIpc) is 2.89. The molecule has 1 amide bonds. The highest BCUT2D eigenvalue weighted by atomic mass is 19.2. The molecule has 6 nitrogen and oxygen atoms in total. The third kappa shape index (κ3) is 6.27. The predicted octanol–water partition coefficient (Wildman–Crippen LogP) is 4.45. The first kappa shape index (κ1) is 25.4. The lowest BCUT2D eigenvalue weighted by Gasteiger charge is -2.24. The standard InChI is InChI=1S/C27H25F3N4O2/c28-23-8-5-19(11-24(23)29)22(18-3-1-17(13-31)2-4-18)12-27(35)34-26-16-33-15-25(30)21(26)7-6-20-14-32-9-10-36-20/h1-5,8,11,15-16,20,22,32H,6-7,9-10,12,14H2,(H,34,35)/t20-,22-/m1/s1. The molecule has 0 bridgehead atoms. The van der Waals surface area contributed by atoms with Gasteiger partial charge in [-0.05, 0) is 48.2 Å². The van der Waals surface area contributed by atoms with Gasteiger partial charge in [-0.25, -0.2) is 13.2 Å². The van der Waals surface area contributed by atoms with Gasteiger partial charge in [-0.2, -0.15) is 5.26 Å².